The smallest absolute Gasteiger partial charge is 0.161 e. The Balaban J connectivity index is 1.93. The fourth-order valence-electron chi connectivity index (χ4n) is 4.10. The SMILES string of the molecule is CCCCCCN1C(/C=C/c2ccc(O)c(OC)c2)=CC(=O)CC1c1ccc(O)c(OC)c1. The first-order chi connectivity index (χ1) is 16.0. The molecule has 0 radical (unpaired) electrons. The third kappa shape index (κ3) is 6.09. The van der Waals surface area contributed by atoms with Gasteiger partial charge in [0.05, 0.1) is 20.3 Å². The number of unbranched alkanes of at least 4 members (excludes halogenated alkanes) is 3. The zero-order chi connectivity index (χ0) is 23.8. The minimum Gasteiger partial charge on any atom is -0.504 e. The first-order valence-electron chi connectivity index (χ1n) is 11.4. The lowest BCUT2D eigenvalue weighted by Crippen LogP contribution is -2.34. The summed E-state index contributed by atoms with van der Waals surface area (Å²) in [6.45, 7) is 3.00. The van der Waals surface area contributed by atoms with Crippen molar-refractivity contribution in [1.29, 1.82) is 0 Å². The van der Waals surface area contributed by atoms with Crippen molar-refractivity contribution in [1.82, 2.24) is 4.90 Å². The second kappa shape index (κ2) is 11.5. The van der Waals surface area contributed by atoms with E-state index in [0.29, 0.717) is 17.9 Å². The van der Waals surface area contributed by atoms with E-state index >= 15 is 0 Å². The number of allylic oxidation sites excluding steroid dienone is 2. The number of phenols is 2. The van der Waals surface area contributed by atoms with Crippen LogP contribution in [0.25, 0.3) is 6.08 Å². The number of aromatic hydroxyl groups is 2. The van der Waals surface area contributed by atoms with E-state index in [-0.39, 0.29) is 23.3 Å². The summed E-state index contributed by atoms with van der Waals surface area (Å²) in [6.07, 6.45) is 10.4. The lowest BCUT2D eigenvalue weighted by molar-refractivity contribution is -0.116. The number of ether oxygens (including phenoxy) is 2. The number of rotatable bonds is 10. The Labute approximate surface area is 195 Å². The first kappa shape index (κ1) is 24.2. The average Bonchev–Trinajstić information content (AvgIpc) is 2.82. The minimum absolute atomic E-state index is 0.0554. The lowest BCUT2D eigenvalue weighted by Gasteiger charge is -2.37. The number of ketones is 1. The van der Waals surface area contributed by atoms with E-state index < -0.39 is 0 Å². The molecule has 0 fully saturated rings. The van der Waals surface area contributed by atoms with Crippen LogP contribution in [0.2, 0.25) is 0 Å². The number of benzene rings is 2. The molecule has 1 aliphatic heterocycles. The molecule has 1 unspecified atom stereocenters. The van der Waals surface area contributed by atoms with Gasteiger partial charge in [-0.1, -0.05) is 44.4 Å². The molecule has 2 aromatic rings. The second-order valence-electron chi connectivity index (χ2n) is 8.21. The van der Waals surface area contributed by atoms with Crippen LogP contribution in [0.4, 0.5) is 0 Å². The van der Waals surface area contributed by atoms with Crippen molar-refractivity contribution >= 4 is 11.9 Å². The number of hydrogen-bond acceptors (Lipinski definition) is 6. The molecule has 33 heavy (non-hydrogen) atoms. The number of methoxy groups -OCH3 is 2. The highest BCUT2D eigenvalue weighted by Gasteiger charge is 2.28. The minimum atomic E-state index is -0.146. The van der Waals surface area contributed by atoms with E-state index in [0.717, 1.165) is 42.6 Å². The largest absolute Gasteiger partial charge is 0.504 e. The van der Waals surface area contributed by atoms with Crippen LogP contribution in [0.15, 0.2) is 54.2 Å². The third-order valence-corrected chi connectivity index (χ3v) is 5.90. The average molecular weight is 452 g/mol. The molecule has 1 aliphatic rings. The fraction of sp³-hybridized carbons (Fsp3) is 0.370. The summed E-state index contributed by atoms with van der Waals surface area (Å²) in [5, 5.41) is 19.9. The molecule has 0 amide bonds. The van der Waals surface area contributed by atoms with Crippen molar-refractivity contribution in [3.8, 4) is 23.0 Å². The topological polar surface area (TPSA) is 79.2 Å². The normalized spacial score (nSPS) is 16.2. The predicted molar refractivity (Wildman–Crippen MR) is 130 cm³/mol. The van der Waals surface area contributed by atoms with Gasteiger partial charge in [0.1, 0.15) is 0 Å². The third-order valence-electron chi connectivity index (χ3n) is 5.90. The monoisotopic (exact) mass is 451 g/mol. The molecule has 1 heterocycles. The van der Waals surface area contributed by atoms with Gasteiger partial charge in [0.15, 0.2) is 28.8 Å². The van der Waals surface area contributed by atoms with Gasteiger partial charge in [-0.2, -0.15) is 0 Å². The Hall–Kier alpha value is -3.41. The van der Waals surface area contributed by atoms with Crippen LogP contribution >= 0.6 is 0 Å². The molecule has 3 rings (SSSR count). The number of carbonyl (C=O) groups is 1. The van der Waals surface area contributed by atoms with E-state index in [1.54, 1.807) is 30.3 Å². The van der Waals surface area contributed by atoms with E-state index in [1.807, 2.05) is 24.3 Å². The van der Waals surface area contributed by atoms with Crippen LogP contribution in [0, 0.1) is 0 Å². The van der Waals surface area contributed by atoms with Crippen LogP contribution in [-0.4, -0.2) is 41.7 Å². The molecule has 6 heteroatoms. The first-order valence-corrected chi connectivity index (χ1v) is 11.4. The predicted octanol–water partition coefficient (Wildman–Crippen LogP) is 5.61. The summed E-state index contributed by atoms with van der Waals surface area (Å²) in [7, 11) is 3.03. The highest BCUT2D eigenvalue weighted by molar-refractivity contribution is 5.92. The molecule has 2 N–H and O–H groups in total. The van der Waals surface area contributed by atoms with Crippen LogP contribution in [0.5, 0.6) is 23.0 Å². The highest BCUT2D eigenvalue weighted by atomic mass is 16.5. The summed E-state index contributed by atoms with van der Waals surface area (Å²) in [6, 6.07) is 10.3. The van der Waals surface area contributed by atoms with Crippen molar-refractivity contribution in [2.24, 2.45) is 0 Å². The molecule has 0 saturated heterocycles. The fourth-order valence-corrected chi connectivity index (χ4v) is 4.10. The van der Waals surface area contributed by atoms with Crippen molar-refractivity contribution in [2.75, 3.05) is 20.8 Å². The van der Waals surface area contributed by atoms with Crippen LogP contribution in [0.1, 0.15) is 56.2 Å². The second-order valence-corrected chi connectivity index (χ2v) is 8.21. The number of phenolic OH excluding ortho intramolecular Hbond substituents is 2. The number of carbonyl (C=O) groups excluding carboxylic acids is 1. The van der Waals surface area contributed by atoms with Crippen LogP contribution in [-0.2, 0) is 4.79 Å². The van der Waals surface area contributed by atoms with E-state index in [9.17, 15) is 15.0 Å². The summed E-state index contributed by atoms with van der Waals surface area (Å²) in [5.41, 5.74) is 2.63. The summed E-state index contributed by atoms with van der Waals surface area (Å²) < 4.78 is 10.5. The lowest BCUT2D eigenvalue weighted by atomic mass is 9.93. The zero-order valence-electron chi connectivity index (χ0n) is 19.6. The molecule has 176 valence electrons. The van der Waals surface area contributed by atoms with Gasteiger partial charge >= 0.3 is 0 Å². The molecule has 1 atom stereocenters. The summed E-state index contributed by atoms with van der Waals surface area (Å²) in [5.74, 6) is 1.01. The zero-order valence-corrected chi connectivity index (χ0v) is 19.6. The van der Waals surface area contributed by atoms with Gasteiger partial charge in [0.25, 0.3) is 0 Å². The molecule has 0 saturated carbocycles. The summed E-state index contributed by atoms with van der Waals surface area (Å²) in [4.78, 5) is 14.9. The van der Waals surface area contributed by atoms with Crippen molar-refractivity contribution in [3.05, 3.63) is 65.4 Å². The molecule has 0 bridgehead atoms. The maximum Gasteiger partial charge on any atom is 0.161 e. The molecule has 0 aromatic heterocycles. The highest BCUT2D eigenvalue weighted by Crippen LogP contribution is 2.37. The Kier molecular flexibility index (Phi) is 8.41. The molecule has 0 spiro atoms. The van der Waals surface area contributed by atoms with E-state index in [1.165, 1.54) is 20.6 Å². The van der Waals surface area contributed by atoms with Gasteiger partial charge in [0, 0.05) is 24.7 Å². The van der Waals surface area contributed by atoms with Gasteiger partial charge in [0.2, 0.25) is 0 Å². The van der Waals surface area contributed by atoms with Gasteiger partial charge < -0.3 is 24.6 Å². The Bertz CT molecular complexity index is 1030. The molecular formula is C27H33NO5. The Morgan fingerprint density at radius 2 is 1.67 bits per heavy atom. The van der Waals surface area contributed by atoms with Gasteiger partial charge in [-0.25, -0.2) is 0 Å². The molecule has 0 aliphatic carbocycles. The molecule has 6 nitrogen and oxygen atoms in total. The van der Waals surface area contributed by atoms with Crippen LogP contribution in [0.3, 0.4) is 0 Å². The maximum absolute atomic E-state index is 12.7. The quantitative estimate of drug-likeness (QED) is 0.457. The molecular weight excluding hydrogens is 418 g/mol. The number of nitrogens with zero attached hydrogens (tertiary/aromatic N) is 1. The standard InChI is InChI=1S/C27H33NO5/c1-4-5-6-7-14-28-21(11-8-19-9-12-24(30)26(15-19)32-2)17-22(29)18-23(28)20-10-13-25(31)27(16-20)33-3/h8-13,15-17,23,30-31H,4-7,14,18H2,1-3H3/b11-8+. The van der Waals surface area contributed by atoms with Crippen molar-refractivity contribution in [3.63, 3.8) is 0 Å². The van der Waals surface area contributed by atoms with Gasteiger partial charge in [-0.3, -0.25) is 4.79 Å². The van der Waals surface area contributed by atoms with Gasteiger partial charge in [-0.15, -0.1) is 0 Å². The summed E-state index contributed by atoms with van der Waals surface area (Å²) >= 11 is 0. The Morgan fingerprint density at radius 3 is 2.36 bits per heavy atom. The number of hydrogen-bond donors (Lipinski definition) is 2. The van der Waals surface area contributed by atoms with Crippen molar-refractivity contribution in [2.45, 2.75) is 45.1 Å². The molecule has 2 aromatic carbocycles. The van der Waals surface area contributed by atoms with Crippen LogP contribution < -0.4 is 9.47 Å². The van der Waals surface area contributed by atoms with Crippen molar-refractivity contribution < 1.29 is 24.5 Å². The van der Waals surface area contributed by atoms with Gasteiger partial charge in [-0.05, 0) is 47.9 Å². The maximum atomic E-state index is 12.7. The Morgan fingerprint density at radius 1 is 0.970 bits per heavy atom. The van der Waals surface area contributed by atoms with E-state index in [2.05, 4.69) is 11.8 Å². The van der Waals surface area contributed by atoms with E-state index in [4.69, 9.17) is 9.47 Å².